The number of carbonyl (C=O) groups is 1. The number of rotatable bonds is 7. The second kappa shape index (κ2) is 7.85. The van der Waals surface area contributed by atoms with Crippen molar-refractivity contribution in [3.8, 4) is 0 Å². The Morgan fingerprint density at radius 2 is 2.06 bits per heavy atom. The first kappa shape index (κ1) is 13.7. The zero-order chi connectivity index (χ0) is 12.5. The fourth-order valence-corrected chi connectivity index (χ4v) is 1.48. The van der Waals surface area contributed by atoms with Crippen LogP contribution in [0.4, 0.5) is 0 Å². The van der Waals surface area contributed by atoms with Crippen LogP contribution < -0.4 is 5.32 Å². The van der Waals surface area contributed by atoms with Gasteiger partial charge < -0.3 is 10.1 Å². The second-order valence-electron chi connectivity index (χ2n) is 4.19. The average molecular weight is 235 g/mol. The number of carbonyl (C=O) groups excluding carboxylic acids is 1. The van der Waals surface area contributed by atoms with Crippen LogP contribution in [0.2, 0.25) is 0 Å². The van der Waals surface area contributed by atoms with Crippen LogP contribution in [-0.2, 0) is 16.1 Å². The number of nitrogens with one attached hydrogen (secondary N) is 1. The lowest BCUT2D eigenvalue weighted by molar-refractivity contribution is -0.144. The molecule has 3 nitrogen and oxygen atoms in total. The van der Waals surface area contributed by atoms with Gasteiger partial charge in [-0.2, -0.15) is 0 Å². The first-order valence-corrected chi connectivity index (χ1v) is 6.15. The summed E-state index contributed by atoms with van der Waals surface area (Å²) in [6.07, 6.45) is 1.30. The molecule has 17 heavy (non-hydrogen) atoms. The van der Waals surface area contributed by atoms with Crippen molar-refractivity contribution in [3.63, 3.8) is 0 Å². The maximum atomic E-state index is 11.4. The van der Waals surface area contributed by atoms with Gasteiger partial charge in [0.05, 0.1) is 13.0 Å². The molecule has 0 radical (unpaired) electrons. The molecule has 0 bridgehead atoms. The summed E-state index contributed by atoms with van der Waals surface area (Å²) in [5.74, 6) is -0.125. The summed E-state index contributed by atoms with van der Waals surface area (Å²) < 4.78 is 5.03. The average Bonchev–Trinajstić information content (AvgIpc) is 2.35. The van der Waals surface area contributed by atoms with Crippen LogP contribution in [0.15, 0.2) is 30.3 Å². The first-order valence-electron chi connectivity index (χ1n) is 6.15. The molecule has 0 aliphatic heterocycles. The van der Waals surface area contributed by atoms with Crippen LogP contribution in [0.1, 0.15) is 32.3 Å². The second-order valence-corrected chi connectivity index (χ2v) is 4.19. The third-order valence-electron chi connectivity index (χ3n) is 2.44. The molecule has 1 aromatic carbocycles. The van der Waals surface area contributed by atoms with Crippen LogP contribution in [0.25, 0.3) is 0 Å². The highest BCUT2D eigenvalue weighted by atomic mass is 16.5. The van der Waals surface area contributed by atoms with Crippen molar-refractivity contribution in [1.29, 1.82) is 0 Å². The van der Waals surface area contributed by atoms with Crippen LogP contribution in [0.5, 0.6) is 0 Å². The van der Waals surface area contributed by atoms with Crippen LogP contribution in [-0.4, -0.2) is 18.6 Å². The standard InChI is InChI=1S/C14H21NO2/c1-3-9-17-14(16)10-12(2)15-11-13-7-5-4-6-8-13/h4-8,12,15H,3,9-11H2,1-2H3. The third-order valence-corrected chi connectivity index (χ3v) is 2.44. The van der Waals surface area contributed by atoms with Gasteiger partial charge in [-0.15, -0.1) is 0 Å². The Bertz CT molecular complexity index is 324. The van der Waals surface area contributed by atoms with Gasteiger partial charge in [0, 0.05) is 12.6 Å². The highest BCUT2D eigenvalue weighted by Crippen LogP contribution is 2.00. The fraction of sp³-hybridized carbons (Fsp3) is 0.500. The summed E-state index contributed by atoms with van der Waals surface area (Å²) in [6.45, 7) is 5.29. The van der Waals surface area contributed by atoms with Gasteiger partial charge in [-0.05, 0) is 18.9 Å². The monoisotopic (exact) mass is 235 g/mol. The van der Waals surface area contributed by atoms with E-state index < -0.39 is 0 Å². The van der Waals surface area contributed by atoms with E-state index in [-0.39, 0.29) is 12.0 Å². The van der Waals surface area contributed by atoms with Crippen molar-refractivity contribution >= 4 is 5.97 Å². The Hall–Kier alpha value is -1.35. The Balaban J connectivity index is 2.21. The van der Waals surface area contributed by atoms with E-state index >= 15 is 0 Å². The lowest BCUT2D eigenvalue weighted by Gasteiger charge is -2.13. The smallest absolute Gasteiger partial charge is 0.307 e. The predicted molar refractivity (Wildman–Crippen MR) is 68.6 cm³/mol. The predicted octanol–water partition coefficient (Wildman–Crippen LogP) is 2.51. The van der Waals surface area contributed by atoms with Gasteiger partial charge in [-0.25, -0.2) is 0 Å². The van der Waals surface area contributed by atoms with E-state index in [2.05, 4.69) is 17.4 Å². The molecule has 0 saturated heterocycles. The Kier molecular flexibility index (Phi) is 6.33. The highest BCUT2D eigenvalue weighted by Gasteiger charge is 2.09. The van der Waals surface area contributed by atoms with Crippen molar-refractivity contribution in [2.24, 2.45) is 0 Å². The molecule has 0 heterocycles. The molecule has 0 saturated carbocycles. The maximum absolute atomic E-state index is 11.4. The van der Waals surface area contributed by atoms with E-state index in [1.807, 2.05) is 32.0 Å². The number of hydrogen-bond acceptors (Lipinski definition) is 3. The van der Waals surface area contributed by atoms with Crippen LogP contribution >= 0.6 is 0 Å². The number of esters is 1. The molecule has 1 N–H and O–H groups in total. The van der Waals surface area contributed by atoms with Gasteiger partial charge in [-0.3, -0.25) is 4.79 Å². The van der Waals surface area contributed by atoms with Crippen molar-refractivity contribution in [1.82, 2.24) is 5.32 Å². The molecular formula is C14H21NO2. The molecule has 1 aromatic rings. The molecule has 0 spiro atoms. The third kappa shape index (κ3) is 6.07. The molecule has 0 aliphatic rings. The van der Waals surface area contributed by atoms with Crippen LogP contribution in [0, 0.1) is 0 Å². The quantitative estimate of drug-likeness (QED) is 0.738. The SMILES string of the molecule is CCCOC(=O)CC(C)NCc1ccccc1. The van der Waals surface area contributed by atoms with E-state index in [1.54, 1.807) is 0 Å². The summed E-state index contributed by atoms with van der Waals surface area (Å²) in [5, 5.41) is 3.31. The molecule has 1 rings (SSSR count). The molecule has 0 aliphatic carbocycles. The van der Waals surface area contributed by atoms with Crippen molar-refractivity contribution in [2.75, 3.05) is 6.61 Å². The van der Waals surface area contributed by atoms with Crippen molar-refractivity contribution in [3.05, 3.63) is 35.9 Å². The van der Waals surface area contributed by atoms with E-state index in [0.717, 1.165) is 13.0 Å². The molecule has 94 valence electrons. The van der Waals surface area contributed by atoms with Gasteiger partial charge in [0.2, 0.25) is 0 Å². The lowest BCUT2D eigenvalue weighted by atomic mass is 10.2. The van der Waals surface area contributed by atoms with E-state index in [4.69, 9.17) is 4.74 Å². The molecule has 0 aromatic heterocycles. The summed E-state index contributed by atoms with van der Waals surface area (Å²) in [4.78, 5) is 11.4. The molecule has 1 atom stereocenters. The van der Waals surface area contributed by atoms with Gasteiger partial charge >= 0.3 is 5.97 Å². The largest absolute Gasteiger partial charge is 0.466 e. The van der Waals surface area contributed by atoms with Crippen molar-refractivity contribution in [2.45, 2.75) is 39.3 Å². The summed E-state index contributed by atoms with van der Waals surface area (Å²) in [5.41, 5.74) is 1.22. The van der Waals surface area contributed by atoms with Crippen LogP contribution in [0.3, 0.4) is 0 Å². The van der Waals surface area contributed by atoms with Gasteiger partial charge in [0.25, 0.3) is 0 Å². The van der Waals surface area contributed by atoms with E-state index in [9.17, 15) is 4.79 Å². The topological polar surface area (TPSA) is 38.3 Å². The zero-order valence-corrected chi connectivity index (χ0v) is 10.6. The van der Waals surface area contributed by atoms with Crippen molar-refractivity contribution < 1.29 is 9.53 Å². The van der Waals surface area contributed by atoms with Gasteiger partial charge in [-0.1, -0.05) is 37.3 Å². The van der Waals surface area contributed by atoms with Gasteiger partial charge in [0.1, 0.15) is 0 Å². The molecule has 1 unspecified atom stereocenters. The minimum absolute atomic E-state index is 0.125. The Morgan fingerprint density at radius 3 is 2.71 bits per heavy atom. The lowest BCUT2D eigenvalue weighted by Crippen LogP contribution is -2.28. The number of hydrogen-bond donors (Lipinski definition) is 1. The summed E-state index contributed by atoms with van der Waals surface area (Å²) >= 11 is 0. The molecule has 3 heteroatoms. The molecular weight excluding hydrogens is 214 g/mol. The van der Waals surface area contributed by atoms with Gasteiger partial charge in [0.15, 0.2) is 0 Å². The van der Waals surface area contributed by atoms with E-state index in [1.165, 1.54) is 5.56 Å². The summed E-state index contributed by atoms with van der Waals surface area (Å²) in [6, 6.07) is 10.3. The maximum Gasteiger partial charge on any atom is 0.307 e. The van der Waals surface area contributed by atoms with E-state index in [0.29, 0.717) is 13.0 Å². The summed E-state index contributed by atoms with van der Waals surface area (Å²) in [7, 11) is 0. The number of ether oxygens (including phenoxy) is 1. The normalized spacial score (nSPS) is 12.1. The fourth-order valence-electron chi connectivity index (χ4n) is 1.48. The highest BCUT2D eigenvalue weighted by molar-refractivity contribution is 5.70. The zero-order valence-electron chi connectivity index (χ0n) is 10.6. The Labute approximate surface area is 103 Å². The minimum Gasteiger partial charge on any atom is -0.466 e. The molecule has 0 fully saturated rings. The Morgan fingerprint density at radius 1 is 1.35 bits per heavy atom. The first-order chi connectivity index (χ1) is 8.22. The minimum atomic E-state index is -0.125. The number of benzene rings is 1. The molecule has 0 amide bonds.